The van der Waals surface area contributed by atoms with Crippen molar-refractivity contribution in [1.82, 2.24) is 24.9 Å². The monoisotopic (exact) mass is 399 g/mol. The number of nitrogens with one attached hydrogen (secondary N) is 1. The van der Waals surface area contributed by atoms with Crippen molar-refractivity contribution < 1.29 is 4.79 Å². The van der Waals surface area contributed by atoms with Crippen LogP contribution in [0.25, 0.3) is 11.4 Å². The van der Waals surface area contributed by atoms with Gasteiger partial charge in [0.15, 0.2) is 5.69 Å². The van der Waals surface area contributed by atoms with Gasteiger partial charge in [0.05, 0.1) is 17.1 Å². The summed E-state index contributed by atoms with van der Waals surface area (Å²) < 4.78 is 3.69. The van der Waals surface area contributed by atoms with E-state index in [2.05, 4.69) is 21.7 Å². The van der Waals surface area contributed by atoms with Crippen LogP contribution in [0, 0.1) is 13.8 Å². The lowest BCUT2D eigenvalue weighted by molar-refractivity contribution is 0.0948. The van der Waals surface area contributed by atoms with Crippen LogP contribution in [0.5, 0.6) is 0 Å². The highest BCUT2D eigenvalue weighted by Gasteiger charge is 2.13. The first-order chi connectivity index (χ1) is 14.6. The molecular formula is C24H25N5O. The average Bonchev–Trinajstić information content (AvgIpc) is 3.35. The van der Waals surface area contributed by atoms with Gasteiger partial charge in [-0.3, -0.25) is 4.79 Å². The van der Waals surface area contributed by atoms with Gasteiger partial charge >= 0.3 is 0 Å². The van der Waals surface area contributed by atoms with Gasteiger partial charge in [-0.25, -0.2) is 9.36 Å². The van der Waals surface area contributed by atoms with Gasteiger partial charge in [-0.2, -0.15) is 10.2 Å². The maximum absolute atomic E-state index is 12.5. The summed E-state index contributed by atoms with van der Waals surface area (Å²) in [6.07, 6.45) is 3.76. The third-order valence-corrected chi connectivity index (χ3v) is 5.05. The molecule has 0 bridgehead atoms. The van der Waals surface area contributed by atoms with Crippen molar-refractivity contribution in [2.24, 2.45) is 0 Å². The van der Waals surface area contributed by atoms with Crippen LogP contribution in [0.15, 0.2) is 72.9 Å². The number of carbonyl (C=O) groups is 1. The number of benzene rings is 2. The van der Waals surface area contributed by atoms with Gasteiger partial charge in [-0.05, 0) is 62.6 Å². The molecule has 0 unspecified atom stereocenters. The Balaban J connectivity index is 1.32. The van der Waals surface area contributed by atoms with Crippen molar-refractivity contribution >= 4 is 5.91 Å². The molecule has 0 saturated heterocycles. The normalized spacial score (nSPS) is 10.9. The minimum atomic E-state index is -0.149. The van der Waals surface area contributed by atoms with E-state index in [1.807, 2.05) is 85.3 Å². The molecule has 4 rings (SSSR count). The molecule has 30 heavy (non-hydrogen) atoms. The molecule has 0 fully saturated rings. The van der Waals surface area contributed by atoms with Crippen LogP contribution in [0.1, 0.15) is 33.9 Å². The number of aromatic nitrogens is 4. The summed E-state index contributed by atoms with van der Waals surface area (Å²) in [5, 5.41) is 12.0. The Labute approximate surface area is 176 Å². The van der Waals surface area contributed by atoms with Crippen molar-refractivity contribution in [3.8, 4) is 11.4 Å². The Morgan fingerprint density at radius 3 is 2.30 bits per heavy atom. The number of carbonyl (C=O) groups excluding carboxylic acids is 1. The van der Waals surface area contributed by atoms with Crippen molar-refractivity contribution in [3.63, 3.8) is 0 Å². The zero-order valence-electron chi connectivity index (χ0n) is 17.2. The van der Waals surface area contributed by atoms with Gasteiger partial charge < -0.3 is 5.32 Å². The lowest BCUT2D eigenvalue weighted by Crippen LogP contribution is -2.25. The lowest BCUT2D eigenvalue weighted by atomic mass is 10.1. The fourth-order valence-corrected chi connectivity index (χ4v) is 3.44. The molecule has 0 aliphatic carbocycles. The van der Waals surface area contributed by atoms with Crippen LogP contribution in [-0.2, 0) is 6.42 Å². The summed E-state index contributed by atoms with van der Waals surface area (Å²) in [5.74, 6) is -0.149. The Morgan fingerprint density at radius 2 is 1.60 bits per heavy atom. The van der Waals surface area contributed by atoms with Crippen molar-refractivity contribution in [3.05, 3.63) is 95.6 Å². The summed E-state index contributed by atoms with van der Waals surface area (Å²) >= 11 is 0. The topological polar surface area (TPSA) is 64.7 Å². The number of aryl methyl sites for hydroxylation is 3. The Morgan fingerprint density at radius 1 is 0.933 bits per heavy atom. The van der Waals surface area contributed by atoms with Crippen molar-refractivity contribution in [1.29, 1.82) is 0 Å². The van der Waals surface area contributed by atoms with Gasteiger partial charge in [-0.15, -0.1) is 0 Å². The van der Waals surface area contributed by atoms with E-state index in [-0.39, 0.29) is 5.91 Å². The van der Waals surface area contributed by atoms with Gasteiger partial charge in [0.25, 0.3) is 5.91 Å². The average molecular weight is 399 g/mol. The van der Waals surface area contributed by atoms with E-state index < -0.39 is 0 Å². The minimum absolute atomic E-state index is 0.149. The molecule has 1 amide bonds. The number of rotatable bonds is 7. The van der Waals surface area contributed by atoms with E-state index in [1.54, 1.807) is 4.68 Å². The highest BCUT2D eigenvalue weighted by atomic mass is 16.1. The quantitative estimate of drug-likeness (QED) is 0.477. The van der Waals surface area contributed by atoms with Crippen LogP contribution in [0.3, 0.4) is 0 Å². The van der Waals surface area contributed by atoms with Gasteiger partial charge in [0, 0.05) is 18.4 Å². The highest BCUT2D eigenvalue weighted by molar-refractivity contribution is 5.92. The van der Waals surface area contributed by atoms with Gasteiger partial charge in [0.1, 0.15) is 0 Å². The first-order valence-electron chi connectivity index (χ1n) is 10.1. The Hall–Kier alpha value is -3.67. The zero-order chi connectivity index (χ0) is 20.9. The third kappa shape index (κ3) is 4.33. The molecule has 1 N–H and O–H groups in total. The number of amides is 1. The lowest BCUT2D eigenvalue weighted by Gasteiger charge is -2.04. The molecule has 0 aliphatic rings. The molecule has 0 saturated carbocycles. The van der Waals surface area contributed by atoms with Crippen molar-refractivity contribution in [2.45, 2.75) is 26.7 Å². The Bertz CT molecular complexity index is 1130. The SMILES string of the molecule is Cc1nn(-c2ccccc2)cc1CCCNC(=O)c1cc(C)n(-c2ccccc2)n1. The van der Waals surface area contributed by atoms with Crippen molar-refractivity contribution in [2.75, 3.05) is 6.54 Å². The molecule has 2 heterocycles. The van der Waals surface area contributed by atoms with E-state index in [9.17, 15) is 4.79 Å². The molecule has 4 aromatic rings. The second-order valence-corrected chi connectivity index (χ2v) is 7.30. The molecule has 0 atom stereocenters. The number of hydrogen-bond donors (Lipinski definition) is 1. The van der Waals surface area contributed by atoms with E-state index in [1.165, 1.54) is 5.56 Å². The summed E-state index contributed by atoms with van der Waals surface area (Å²) in [5.41, 5.74) is 5.56. The number of nitrogens with zero attached hydrogens (tertiary/aromatic N) is 4. The summed E-state index contributed by atoms with van der Waals surface area (Å²) in [6, 6.07) is 21.7. The fourth-order valence-electron chi connectivity index (χ4n) is 3.44. The smallest absolute Gasteiger partial charge is 0.271 e. The first kappa shape index (κ1) is 19.6. The first-order valence-corrected chi connectivity index (χ1v) is 10.1. The number of hydrogen-bond acceptors (Lipinski definition) is 3. The van der Waals surface area contributed by atoms with Crippen LogP contribution >= 0.6 is 0 Å². The Kier molecular flexibility index (Phi) is 5.75. The maximum Gasteiger partial charge on any atom is 0.271 e. The molecule has 2 aromatic carbocycles. The second-order valence-electron chi connectivity index (χ2n) is 7.30. The highest BCUT2D eigenvalue weighted by Crippen LogP contribution is 2.14. The molecular weight excluding hydrogens is 374 g/mol. The molecule has 0 spiro atoms. The molecule has 0 radical (unpaired) electrons. The zero-order valence-corrected chi connectivity index (χ0v) is 17.2. The predicted octanol–water partition coefficient (Wildman–Crippen LogP) is 4.04. The maximum atomic E-state index is 12.5. The molecule has 6 nitrogen and oxygen atoms in total. The predicted molar refractivity (Wildman–Crippen MR) is 117 cm³/mol. The van der Waals surface area contributed by atoms with Gasteiger partial charge in [-0.1, -0.05) is 36.4 Å². The fraction of sp³-hybridized carbons (Fsp3) is 0.208. The molecule has 0 aliphatic heterocycles. The summed E-state index contributed by atoms with van der Waals surface area (Å²) in [6.45, 7) is 4.56. The minimum Gasteiger partial charge on any atom is -0.351 e. The summed E-state index contributed by atoms with van der Waals surface area (Å²) in [4.78, 5) is 12.5. The third-order valence-electron chi connectivity index (χ3n) is 5.05. The van der Waals surface area contributed by atoms with E-state index in [0.717, 1.165) is 35.6 Å². The van der Waals surface area contributed by atoms with Crippen LogP contribution in [0.4, 0.5) is 0 Å². The van der Waals surface area contributed by atoms with E-state index >= 15 is 0 Å². The van der Waals surface area contributed by atoms with Crippen LogP contribution in [0.2, 0.25) is 0 Å². The molecule has 6 heteroatoms. The number of para-hydroxylation sites is 2. The summed E-state index contributed by atoms with van der Waals surface area (Å²) in [7, 11) is 0. The standard InChI is InChI=1S/C24H25N5O/c1-18-16-23(27-29(18)22-13-7-4-8-14-22)24(30)25-15-9-10-20-17-28(26-19(20)2)21-11-5-3-6-12-21/h3-8,11-14,16-17H,9-10,15H2,1-2H3,(H,25,30). The van der Waals surface area contributed by atoms with E-state index in [0.29, 0.717) is 12.2 Å². The van der Waals surface area contributed by atoms with E-state index in [4.69, 9.17) is 0 Å². The largest absolute Gasteiger partial charge is 0.351 e. The second kappa shape index (κ2) is 8.78. The van der Waals surface area contributed by atoms with Gasteiger partial charge in [0.2, 0.25) is 0 Å². The molecule has 152 valence electrons. The van der Waals surface area contributed by atoms with Crippen LogP contribution in [-0.4, -0.2) is 32.0 Å². The molecule has 2 aromatic heterocycles. The van der Waals surface area contributed by atoms with Crippen LogP contribution < -0.4 is 5.32 Å².